The van der Waals surface area contributed by atoms with Crippen molar-refractivity contribution >= 4 is 23.2 Å². The molecule has 1 fully saturated rings. The van der Waals surface area contributed by atoms with Gasteiger partial charge in [0, 0.05) is 12.1 Å². The van der Waals surface area contributed by atoms with Gasteiger partial charge in [-0.2, -0.15) is 0 Å². The highest BCUT2D eigenvalue weighted by molar-refractivity contribution is 6.06. The van der Waals surface area contributed by atoms with Crippen LogP contribution in [0.1, 0.15) is 49.2 Å². The number of hydrogen-bond acceptors (Lipinski definition) is 3. The Balaban J connectivity index is 1.59. The van der Waals surface area contributed by atoms with Crippen LogP contribution in [0.2, 0.25) is 0 Å². The lowest BCUT2D eigenvalue weighted by atomic mass is 9.91. The summed E-state index contributed by atoms with van der Waals surface area (Å²) in [5, 5.41) is 0. The molecule has 0 aliphatic carbocycles. The van der Waals surface area contributed by atoms with Crippen LogP contribution in [-0.4, -0.2) is 17.4 Å². The van der Waals surface area contributed by atoms with Gasteiger partial charge in [-0.1, -0.05) is 48.5 Å². The van der Waals surface area contributed by atoms with Crippen molar-refractivity contribution in [3.63, 3.8) is 0 Å². The van der Waals surface area contributed by atoms with Crippen molar-refractivity contribution in [2.45, 2.75) is 38.8 Å². The average Bonchev–Trinajstić information content (AvgIpc) is 2.71. The molecule has 1 saturated heterocycles. The van der Waals surface area contributed by atoms with Gasteiger partial charge in [0.05, 0.1) is 17.3 Å². The van der Waals surface area contributed by atoms with Crippen LogP contribution >= 0.6 is 0 Å². The summed E-state index contributed by atoms with van der Waals surface area (Å²) in [6.45, 7) is 5.62. The first-order valence-corrected chi connectivity index (χ1v) is 10.2. The van der Waals surface area contributed by atoms with Crippen LogP contribution in [0.5, 0.6) is 0 Å². The monoisotopic (exact) mass is 398 g/mol. The Bertz CT molecular complexity index is 1040. The molecule has 0 amide bonds. The normalized spacial score (nSPS) is 17.5. The van der Waals surface area contributed by atoms with Crippen LogP contribution < -0.4 is 4.90 Å². The third kappa shape index (κ3) is 4.43. The Kier molecular flexibility index (Phi) is 5.40. The van der Waals surface area contributed by atoms with Gasteiger partial charge in [-0.05, 0) is 62.7 Å². The Hall–Kier alpha value is -3.40. The second-order valence-corrected chi connectivity index (χ2v) is 8.41. The highest BCUT2D eigenvalue weighted by Crippen LogP contribution is 2.40. The van der Waals surface area contributed by atoms with Gasteiger partial charge in [-0.3, -0.25) is 0 Å². The molecule has 1 atom stereocenters. The predicted octanol–water partition coefficient (Wildman–Crippen LogP) is 6.32. The van der Waals surface area contributed by atoms with Crippen molar-refractivity contribution in [2.75, 3.05) is 4.90 Å². The van der Waals surface area contributed by atoms with Crippen LogP contribution in [0.3, 0.4) is 0 Å². The van der Waals surface area contributed by atoms with Gasteiger partial charge in [0.25, 0.3) is 0 Å². The van der Waals surface area contributed by atoms with E-state index in [-0.39, 0.29) is 12.0 Å². The SMILES string of the molecule is CC(C)(C)OC(=O)c1ccc(C2CC(=Nc3ccccc3)N2c2ccccc2)cc1. The molecule has 4 heteroatoms. The molecular formula is C26H26N2O2. The Morgan fingerprint density at radius 3 is 2.10 bits per heavy atom. The number of rotatable bonds is 4. The Labute approximate surface area is 177 Å². The van der Waals surface area contributed by atoms with Crippen LogP contribution in [-0.2, 0) is 4.74 Å². The largest absolute Gasteiger partial charge is 0.456 e. The fourth-order valence-electron chi connectivity index (χ4n) is 3.54. The molecule has 0 radical (unpaired) electrons. The number of para-hydroxylation sites is 2. The maximum absolute atomic E-state index is 12.3. The van der Waals surface area contributed by atoms with Crippen molar-refractivity contribution in [1.82, 2.24) is 0 Å². The summed E-state index contributed by atoms with van der Waals surface area (Å²) >= 11 is 0. The molecule has 0 saturated carbocycles. The fraction of sp³-hybridized carbons (Fsp3) is 0.231. The van der Waals surface area contributed by atoms with E-state index in [1.807, 2.05) is 93.6 Å². The zero-order valence-electron chi connectivity index (χ0n) is 17.6. The number of amidine groups is 1. The smallest absolute Gasteiger partial charge is 0.338 e. The molecule has 4 nitrogen and oxygen atoms in total. The van der Waals surface area contributed by atoms with Gasteiger partial charge < -0.3 is 9.64 Å². The van der Waals surface area contributed by atoms with Crippen LogP contribution in [0.4, 0.5) is 11.4 Å². The fourth-order valence-corrected chi connectivity index (χ4v) is 3.54. The third-order valence-electron chi connectivity index (χ3n) is 4.94. The minimum atomic E-state index is -0.503. The molecule has 152 valence electrons. The Morgan fingerprint density at radius 2 is 1.50 bits per heavy atom. The predicted molar refractivity (Wildman–Crippen MR) is 121 cm³/mol. The number of carbonyl (C=O) groups is 1. The van der Waals surface area contributed by atoms with E-state index >= 15 is 0 Å². The van der Waals surface area contributed by atoms with Crippen molar-refractivity contribution in [1.29, 1.82) is 0 Å². The lowest BCUT2D eigenvalue weighted by Gasteiger charge is -2.44. The van der Waals surface area contributed by atoms with Gasteiger partial charge in [0.2, 0.25) is 0 Å². The quantitative estimate of drug-likeness (QED) is 0.483. The molecule has 0 spiro atoms. The van der Waals surface area contributed by atoms with Gasteiger partial charge in [0.15, 0.2) is 0 Å². The highest BCUT2D eigenvalue weighted by atomic mass is 16.6. The number of ether oxygens (including phenoxy) is 1. The minimum Gasteiger partial charge on any atom is -0.456 e. The lowest BCUT2D eigenvalue weighted by Crippen LogP contribution is -2.46. The second kappa shape index (κ2) is 8.15. The van der Waals surface area contributed by atoms with Crippen molar-refractivity contribution in [2.24, 2.45) is 4.99 Å². The van der Waals surface area contributed by atoms with E-state index in [9.17, 15) is 4.79 Å². The highest BCUT2D eigenvalue weighted by Gasteiger charge is 2.36. The maximum atomic E-state index is 12.3. The van der Waals surface area contributed by atoms with E-state index in [0.29, 0.717) is 5.56 Å². The zero-order valence-corrected chi connectivity index (χ0v) is 17.6. The summed E-state index contributed by atoms with van der Waals surface area (Å²) in [7, 11) is 0. The Morgan fingerprint density at radius 1 is 0.900 bits per heavy atom. The van der Waals surface area contributed by atoms with E-state index in [1.165, 1.54) is 0 Å². The molecule has 1 aliphatic rings. The van der Waals surface area contributed by atoms with Crippen LogP contribution in [0, 0.1) is 0 Å². The molecular weight excluding hydrogens is 372 g/mol. The van der Waals surface area contributed by atoms with E-state index in [0.717, 1.165) is 29.2 Å². The van der Waals surface area contributed by atoms with Crippen molar-refractivity contribution < 1.29 is 9.53 Å². The van der Waals surface area contributed by atoms with Crippen LogP contribution in [0.25, 0.3) is 0 Å². The summed E-state index contributed by atoms with van der Waals surface area (Å²) in [5.41, 5.74) is 3.28. The van der Waals surface area contributed by atoms with Gasteiger partial charge >= 0.3 is 5.97 Å². The maximum Gasteiger partial charge on any atom is 0.338 e. The topological polar surface area (TPSA) is 41.9 Å². The van der Waals surface area contributed by atoms with Gasteiger partial charge in [-0.15, -0.1) is 0 Å². The summed E-state index contributed by atoms with van der Waals surface area (Å²) in [4.78, 5) is 19.4. The van der Waals surface area contributed by atoms with E-state index in [4.69, 9.17) is 9.73 Å². The number of carbonyl (C=O) groups excluding carboxylic acids is 1. The summed E-state index contributed by atoms with van der Waals surface area (Å²) in [5.74, 6) is 0.738. The van der Waals surface area contributed by atoms with Crippen LogP contribution in [0.15, 0.2) is 89.9 Å². The summed E-state index contributed by atoms with van der Waals surface area (Å²) in [6.07, 6.45) is 0.843. The van der Waals surface area contributed by atoms with Gasteiger partial charge in [0.1, 0.15) is 11.4 Å². The molecule has 3 aromatic carbocycles. The molecule has 30 heavy (non-hydrogen) atoms. The van der Waals surface area contributed by atoms with Crippen molar-refractivity contribution in [3.05, 3.63) is 96.1 Å². The third-order valence-corrected chi connectivity index (χ3v) is 4.94. The number of benzene rings is 3. The first kappa shape index (κ1) is 19.9. The zero-order chi connectivity index (χ0) is 21.1. The molecule has 1 unspecified atom stereocenters. The minimum absolute atomic E-state index is 0.183. The number of esters is 1. The molecule has 1 heterocycles. The molecule has 1 aliphatic heterocycles. The first-order chi connectivity index (χ1) is 14.4. The lowest BCUT2D eigenvalue weighted by molar-refractivity contribution is 0.00695. The molecule has 0 N–H and O–H groups in total. The molecule has 0 aromatic heterocycles. The molecule has 4 rings (SSSR count). The second-order valence-electron chi connectivity index (χ2n) is 8.41. The number of nitrogens with zero attached hydrogens (tertiary/aromatic N) is 2. The first-order valence-electron chi connectivity index (χ1n) is 10.2. The average molecular weight is 399 g/mol. The molecule has 3 aromatic rings. The molecule has 0 bridgehead atoms. The number of aliphatic imine (C=N–C) groups is 1. The van der Waals surface area contributed by atoms with E-state index in [1.54, 1.807) is 0 Å². The van der Waals surface area contributed by atoms with Gasteiger partial charge in [-0.25, -0.2) is 9.79 Å². The summed E-state index contributed by atoms with van der Waals surface area (Å²) < 4.78 is 5.47. The summed E-state index contributed by atoms with van der Waals surface area (Å²) in [6, 6.07) is 28.2. The number of anilines is 1. The number of hydrogen-bond donors (Lipinski definition) is 0. The van der Waals surface area contributed by atoms with E-state index in [2.05, 4.69) is 17.0 Å². The standard InChI is InChI=1S/C26H26N2O2/c1-26(2,3)30-25(29)20-16-14-19(15-17-20)23-18-24(27-21-10-6-4-7-11-21)28(23)22-12-8-5-9-13-22/h4-17,23H,18H2,1-3H3. The van der Waals surface area contributed by atoms with Crippen molar-refractivity contribution in [3.8, 4) is 0 Å². The van der Waals surface area contributed by atoms with E-state index < -0.39 is 5.60 Å².